The summed E-state index contributed by atoms with van der Waals surface area (Å²) in [6.07, 6.45) is 1.81. The smallest absolute Gasteiger partial charge is 0.104 e. The van der Waals surface area contributed by atoms with E-state index in [1.807, 2.05) is 36.5 Å². The van der Waals surface area contributed by atoms with Crippen molar-refractivity contribution in [2.45, 2.75) is 6.54 Å². The molecule has 0 spiro atoms. The predicted octanol–water partition coefficient (Wildman–Crippen LogP) is 2.58. The van der Waals surface area contributed by atoms with Crippen molar-refractivity contribution in [2.75, 3.05) is 11.9 Å². The number of nitrogens with zero attached hydrogens (tertiary/aromatic N) is 1. The molecular weight excluding hydrogens is 270 g/mol. The molecule has 0 saturated heterocycles. The monoisotopic (exact) mass is 283 g/mol. The summed E-state index contributed by atoms with van der Waals surface area (Å²) in [5, 5.41) is 20.1. The van der Waals surface area contributed by atoms with Crippen LogP contribution in [-0.2, 0) is 6.54 Å². The molecule has 0 radical (unpaired) electrons. The van der Waals surface area contributed by atoms with E-state index in [-0.39, 0.29) is 6.61 Å². The van der Waals surface area contributed by atoms with Gasteiger partial charge < -0.3 is 10.4 Å². The van der Waals surface area contributed by atoms with Crippen molar-refractivity contribution in [3.8, 4) is 11.8 Å². The minimum atomic E-state index is -0.102. The average Bonchev–Trinajstić information content (AvgIpc) is 3.11. The fraction of sp³-hybridized carbons (Fsp3) is 0.133. The van der Waals surface area contributed by atoms with Crippen molar-refractivity contribution in [3.05, 3.63) is 46.3 Å². The van der Waals surface area contributed by atoms with Gasteiger partial charge in [0.2, 0.25) is 0 Å². The van der Waals surface area contributed by atoms with Gasteiger partial charge in [-0.1, -0.05) is 11.8 Å². The third-order valence-corrected chi connectivity index (χ3v) is 3.86. The zero-order valence-electron chi connectivity index (χ0n) is 10.7. The molecule has 3 N–H and O–H groups in total. The number of benzene rings is 1. The van der Waals surface area contributed by atoms with Crippen LogP contribution in [0.5, 0.6) is 0 Å². The zero-order valence-corrected chi connectivity index (χ0v) is 11.5. The number of thiophene rings is 1. The summed E-state index contributed by atoms with van der Waals surface area (Å²) in [6.45, 7) is 0.654. The first-order chi connectivity index (χ1) is 9.85. The van der Waals surface area contributed by atoms with Crippen LogP contribution in [-0.4, -0.2) is 21.9 Å². The molecule has 0 saturated carbocycles. The molecule has 3 aromatic rings. The topological polar surface area (TPSA) is 60.9 Å². The lowest BCUT2D eigenvalue weighted by atomic mass is 10.2. The Morgan fingerprint density at radius 2 is 2.25 bits per heavy atom. The van der Waals surface area contributed by atoms with E-state index in [0.29, 0.717) is 0 Å². The predicted molar refractivity (Wildman–Crippen MR) is 81.7 cm³/mol. The molecule has 0 unspecified atom stereocenters. The maximum absolute atomic E-state index is 8.67. The van der Waals surface area contributed by atoms with Gasteiger partial charge in [0, 0.05) is 22.5 Å². The summed E-state index contributed by atoms with van der Waals surface area (Å²) >= 11 is 1.63. The molecule has 0 bridgehead atoms. The highest BCUT2D eigenvalue weighted by atomic mass is 32.1. The highest BCUT2D eigenvalue weighted by Gasteiger charge is 2.00. The van der Waals surface area contributed by atoms with Gasteiger partial charge in [-0.25, -0.2) is 0 Å². The van der Waals surface area contributed by atoms with E-state index in [1.165, 1.54) is 4.88 Å². The molecule has 2 aromatic heterocycles. The number of aliphatic hydroxyl groups is 1. The second kappa shape index (κ2) is 5.78. The first kappa shape index (κ1) is 12.7. The largest absolute Gasteiger partial charge is 0.384 e. The van der Waals surface area contributed by atoms with Gasteiger partial charge in [0.25, 0.3) is 0 Å². The van der Waals surface area contributed by atoms with Crippen LogP contribution in [0.3, 0.4) is 0 Å². The van der Waals surface area contributed by atoms with Gasteiger partial charge in [0.1, 0.15) is 6.61 Å². The lowest BCUT2D eigenvalue weighted by molar-refractivity contribution is 0.350. The Kier molecular flexibility index (Phi) is 3.68. The van der Waals surface area contributed by atoms with Crippen LogP contribution in [0.15, 0.2) is 36.5 Å². The molecule has 4 nitrogen and oxygen atoms in total. The van der Waals surface area contributed by atoms with E-state index in [1.54, 1.807) is 11.3 Å². The lowest BCUT2D eigenvalue weighted by Crippen LogP contribution is -1.96. The summed E-state index contributed by atoms with van der Waals surface area (Å²) in [5.74, 6) is 5.56. The summed E-state index contributed by atoms with van der Waals surface area (Å²) in [5.41, 5.74) is 2.08. The lowest BCUT2D eigenvalue weighted by Gasteiger charge is -2.04. The Hall–Kier alpha value is -2.29. The van der Waals surface area contributed by atoms with Gasteiger partial charge in [-0.15, -0.1) is 11.3 Å². The number of anilines is 1. The van der Waals surface area contributed by atoms with Crippen molar-refractivity contribution in [2.24, 2.45) is 0 Å². The number of aromatic nitrogens is 2. The fourth-order valence-corrected chi connectivity index (χ4v) is 2.73. The standard InChI is InChI=1S/C15H13N3OS/c19-7-1-2-13-5-6-14(20-13)10-16-12-4-3-11-9-17-18-15(11)8-12/h3-6,8-9,16,19H,7,10H2,(H,17,18). The first-order valence-electron chi connectivity index (χ1n) is 6.20. The Balaban J connectivity index is 1.67. The second-order valence-corrected chi connectivity index (χ2v) is 5.42. The third-order valence-electron chi connectivity index (χ3n) is 2.86. The summed E-state index contributed by atoms with van der Waals surface area (Å²) < 4.78 is 0. The van der Waals surface area contributed by atoms with E-state index < -0.39 is 0 Å². The highest BCUT2D eigenvalue weighted by Crippen LogP contribution is 2.20. The second-order valence-electron chi connectivity index (χ2n) is 4.25. The number of aromatic amines is 1. The maximum atomic E-state index is 8.67. The van der Waals surface area contributed by atoms with Gasteiger partial charge in [-0.05, 0) is 30.3 Å². The minimum Gasteiger partial charge on any atom is -0.384 e. The first-order valence-corrected chi connectivity index (χ1v) is 7.02. The van der Waals surface area contributed by atoms with Gasteiger partial charge in [0.05, 0.1) is 16.6 Å². The molecule has 0 fully saturated rings. The van der Waals surface area contributed by atoms with Crippen LogP contribution in [0.25, 0.3) is 10.9 Å². The fourth-order valence-electron chi connectivity index (χ4n) is 1.90. The number of fused-ring (bicyclic) bond motifs is 1. The third kappa shape index (κ3) is 2.82. The van der Waals surface area contributed by atoms with E-state index in [9.17, 15) is 0 Å². The van der Waals surface area contributed by atoms with Gasteiger partial charge in [-0.3, -0.25) is 5.10 Å². The molecule has 5 heteroatoms. The molecule has 0 aliphatic carbocycles. The van der Waals surface area contributed by atoms with Crippen molar-refractivity contribution in [3.63, 3.8) is 0 Å². The SMILES string of the molecule is OCC#Cc1ccc(CNc2ccc3cn[nH]c3c2)s1. The van der Waals surface area contributed by atoms with E-state index >= 15 is 0 Å². The van der Waals surface area contributed by atoms with Crippen LogP contribution in [0.4, 0.5) is 5.69 Å². The normalized spacial score (nSPS) is 10.2. The van der Waals surface area contributed by atoms with E-state index in [0.717, 1.165) is 28.0 Å². The Bertz CT molecular complexity index is 779. The Morgan fingerprint density at radius 1 is 1.30 bits per heavy atom. The van der Waals surface area contributed by atoms with E-state index in [2.05, 4.69) is 27.4 Å². The molecule has 20 heavy (non-hydrogen) atoms. The average molecular weight is 283 g/mol. The molecule has 0 atom stereocenters. The van der Waals surface area contributed by atoms with Gasteiger partial charge in [0.15, 0.2) is 0 Å². The van der Waals surface area contributed by atoms with Crippen LogP contribution in [0, 0.1) is 11.8 Å². The number of nitrogens with one attached hydrogen (secondary N) is 2. The molecule has 0 amide bonds. The van der Waals surface area contributed by atoms with Crippen molar-refractivity contribution in [1.29, 1.82) is 0 Å². The molecule has 3 rings (SSSR count). The summed E-state index contributed by atoms with van der Waals surface area (Å²) in [4.78, 5) is 2.18. The highest BCUT2D eigenvalue weighted by molar-refractivity contribution is 7.12. The minimum absolute atomic E-state index is 0.102. The van der Waals surface area contributed by atoms with Crippen LogP contribution in [0.2, 0.25) is 0 Å². The summed E-state index contributed by atoms with van der Waals surface area (Å²) in [7, 11) is 0. The van der Waals surface area contributed by atoms with E-state index in [4.69, 9.17) is 5.11 Å². The maximum Gasteiger partial charge on any atom is 0.104 e. The quantitative estimate of drug-likeness (QED) is 0.647. The van der Waals surface area contributed by atoms with Crippen LogP contribution >= 0.6 is 11.3 Å². The molecule has 2 heterocycles. The van der Waals surface area contributed by atoms with Crippen LogP contribution in [0.1, 0.15) is 9.75 Å². The Morgan fingerprint density at radius 3 is 3.15 bits per heavy atom. The number of hydrogen-bond donors (Lipinski definition) is 3. The molecule has 100 valence electrons. The zero-order chi connectivity index (χ0) is 13.8. The number of aliphatic hydroxyl groups excluding tert-OH is 1. The molecule has 1 aromatic carbocycles. The van der Waals surface area contributed by atoms with Crippen LogP contribution < -0.4 is 5.32 Å². The van der Waals surface area contributed by atoms with Crippen molar-refractivity contribution in [1.82, 2.24) is 10.2 Å². The Labute approximate surface area is 120 Å². The number of rotatable bonds is 3. The van der Waals surface area contributed by atoms with Crippen molar-refractivity contribution < 1.29 is 5.11 Å². The van der Waals surface area contributed by atoms with Crippen molar-refractivity contribution >= 4 is 27.9 Å². The molecular formula is C15H13N3OS. The van der Waals surface area contributed by atoms with Gasteiger partial charge >= 0.3 is 0 Å². The number of hydrogen-bond acceptors (Lipinski definition) is 4. The molecule has 0 aliphatic heterocycles. The summed E-state index contributed by atoms with van der Waals surface area (Å²) in [6, 6.07) is 10.1. The number of H-pyrrole nitrogens is 1. The van der Waals surface area contributed by atoms with Gasteiger partial charge in [-0.2, -0.15) is 5.10 Å². The molecule has 0 aliphatic rings.